The lowest BCUT2D eigenvalue weighted by atomic mass is 9.93. The minimum Gasteiger partial charge on any atom is -0.347 e. The third-order valence-electron chi connectivity index (χ3n) is 3.68. The van der Waals surface area contributed by atoms with Crippen molar-refractivity contribution in [2.45, 2.75) is 31.8 Å². The predicted molar refractivity (Wildman–Crippen MR) is 69.8 cm³/mol. The second kappa shape index (κ2) is 4.58. The Kier molecular flexibility index (Phi) is 2.92. The molecule has 0 aliphatic heterocycles. The zero-order chi connectivity index (χ0) is 12.5. The summed E-state index contributed by atoms with van der Waals surface area (Å²) in [7, 11) is 0. The number of rotatable bonds is 2. The molecule has 1 aromatic carbocycles. The van der Waals surface area contributed by atoms with Crippen molar-refractivity contribution in [1.29, 1.82) is 0 Å². The van der Waals surface area contributed by atoms with Gasteiger partial charge in [0.05, 0.1) is 0 Å². The van der Waals surface area contributed by atoms with E-state index in [-0.39, 0.29) is 11.9 Å². The predicted octanol–water partition coefficient (Wildman–Crippen LogP) is 3.01. The summed E-state index contributed by atoms with van der Waals surface area (Å²) in [5.74, 6) is -0.176. The Labute approximate surface area is 106 Å². The number of fused-ring (bicyclic) bond motifs is 1. The Balaban J connectivity index is 1.90. The molecule has 1 atom stereocenters. The molecule has 0 saturated carbocycles. The number of benzene rings is 1. The Bertz CT molecular complexity index is 559. The van der Waals surface area contributed by atoms with Crippen LogP contribution in [0.5, 0.6) is 0 Å². The summed E-state index contributed by atoms with van der Waals surface area (Å²) in [6.45, 7) is 0.722. The van der Waals surface area contributed by atoms with E-state index in [0.717, 1.165) is 31.4 Å². The largest absolute Gasteiger partial charge is 0.347 e. The van der Waals surface area contributed by atoms with Crippen LogP contribution in [-0.4, -0.2) is 4.57 Å². The molecule has 1 heterocycles. The van der Waals surface area contributed by atoms with Crippen LogP contribution in [0.15, 0.2) is 36.5 Å². The fourth-order valence-electron chi connectivity index (χ4n) is 2.77. The van der Waals surface area contributed by atoms with E-state index >= 15 is 0 Å². The molecule has 2 aromatic rings. The van der Waals surface area contributed by atoms with E-state index in [1.807, 2.05) is 6.07 Å². The first-order valence-electron chi connectivity index (χ1n) is 6.42. The molecule has 0 saturated heterocycles. The van der Waals surface area contributed by atoms with Crippen LogP contribution >= 0.6 is 0 Å². The third kappa shape index (κ3) is 2.06. The zero-order valence-electron chi connectivity index (χ0n) is 10.3. The molecular weight excluding hydrogens is 227 g/mol. The Hall–Kier alpha value is -1.61. The van der Waals surface area contributed by atoms with Gasteiger partial charge < -0.3 is 10.3 Å². The van der Waals surface area contributed by atoms with Gasteiger partial charge in [0.1, 0.15) is 5.82 Å². The fraction of sp³-hybridized carbons (Fsp3) is 0.333. The SMILES string of the molecule is NC1CCCc2c1ccn2Cc1cccc(F)c1. The van der Waals surface area contributed by atoms with Crippen LogP contribution in [0.3, 0.4) is 0 Å². The quantitative estimate of drug-likeness (QED) is 0.865. The van der Waals surface area contributed by atoms with Crippen molar-refractivity contribution in [3.05, 3.63) is 59.2 Å². The van der Waals surface area contributed by atoms with E-state index in [4.69, 9.17) is 5.73 Å². The van der Waals surface area contributed by atoms with Gasteiger partial charge in [0.15, 0.2) is 0 Å². The molecule has 3 heteroatoms. The molecule has 2 N–H and O–H groups in total. The third-order valence-corrected chi connectivity index (χ3v) is 3.68. The topological polar surface area (TPSA) is 30.9 Å². The highest BCUT2D eigenvalue weighted by Gasteiger charge is 2.19. The van der Waals surface area contributed by atoms with E-state index in [2.05, 4.69) is 16.8 Å². The van der Waals surface area contributed by atoms with Crippen molar-refractivity contribution in [3.8, 4) is 0 Å². The van der Waals surface area contributed by atoms with Crippen LogP contribution in [0, 0.1) is 5.82 Å². The van der Waals surface area contributed by atoms with Crippen molar-refractivity contribution in [2.24, 2.45) is 5.73 Å². The van der Waals surface area contributed by atoms with Crippen LogP contribution in [0.1, 0.15) is 35.7 Å². The number of nitrogens with zero attached hydrogens (tertiary/aromatic N) is 1. The van der Waals surface area contributed by atoms with Gasteiger partial charge in [0.2, 0.25) is 0 Å². The van der Waals surface area contributed by atoms with Gasteiger partial charge in [0, 0.05) is 24.5 Å². The van der Waals surface area contributed by atoms with Gasteiger partial charge >= 0.3 is 0 Å². The monoisotopic (exact) mass is 244 g/mol. The molecule has 1 unspecified atom stereocenters. The lowest BCUT2D eigenvalue weighted by Crippen LogP contribution is -2.18. The summed E-state index contributed by atoms with van der Waals surface area (Å²) in [5.41, 5.74) is 9.68. The minimum atomic E-state index is -0.176. The Morgan fingerprint density at radius 2 is 2.22 bits per heavy atom. The molecule has 3 rings (SSSR count). The van der Waals surface area contributed by atoms with Crippen molar-refractivity contribution in [2.75, 3.05) is 0 Å². The number of hydrogen-bond donors (Lipinski definition) is 1. The average molecular weight is 244 g/mol. The number of aromatic nitrogens is 1. The first kappa shape index (κ1) is 11.5. The second-order valence-electron chi connectivity index (χ2n) is 4.97. The fourth-order valence-corrected chi connectivity index (χ4v) is 2.77. The molecule has 1 aliphatic carbocycles. The van der Waals surface area contributed by atoms with Gasteiger partial charge in [-0.25, -0.2) is 4.39 Å². The van der Waals surface area contributed by atoms with E-state index in [0.29, 0.717) is 0 Å². The standard InChI is InChI=1S/C15H17FN2/c16-12-4-1-3-11(9-12)10-18-8-7-13-14(17)5-2-6-15(13)18/h1,3-4,7-9,14H,2,5-6,10,17H2. The van der Waals surface area contributed by atoms with Crippen LogP contribution in [0.25, 0.3) is 0 Å². The molecule has 1 aliphatic rings. The number of halogens is 1. The van der Waals surface area contributed by atoms with Gasteiger partial charge in [-0.05, 0) is 48.6 Å². The van der Waals surface area contributed by atoms with Crippen molar-refractivity contribution in [1.82, 2.24) is 4.57 Å². The molecule has 1 aromatic heterocycles. The summed E-state index contributed by atoms with van der Waals surface area (Å²) in [5, 5.41) is 0. The lowest BCUT2D eigenvalue weighted by Gasteiger charge is -2.21. The van der Waals surface area contributed by atoms with Gasteiger partial charge in [-0.1, -0.05) is 12.1 Å². The maximum absolute atomic E-state index is 13.2. The van der Waals surface area contributed by atoms with Crippen LogP contribution in [0.4, 0.5) is 4.39 Å². The first-order valence-corrected chi connectivity index (χ1v) is 6.42. The lowest BCUT2D eigenvalue weighted by molar-refractivity contribution is 0.547. The summed E-state index contributed by atoms with van der Waals surface area (Å²) in [4.78, 5) is 0. The molecule has 0 radical (unpaired) electrons. The van der Waals surface area contributed by atoms with Gasteiger partial charge in [-0.3, -0.25) is 0 Å². The van der Waals surface area contributed by atoms with E-state index in [9.17, 15) is 4.39 Å². The maximum Gasteiger partial charge on any atom is 0.123 e. The first-order chi connectivity index (χ1) is 8.74. The molecule has 2 nitrogen and oxygen atoms in total. The van der Waals surface area contributed by atoms with Crippen LogP contribution < -0.4 is 5.73 Å². The van der Waals surface area contributed by atoms with E-state index in [1.54, 1.807) is 12.1 Å². The summed E-state index contributed by atoms with van der Waals surface area (Å²) in [6.07, 6.45) is 5.35. The Morgan fingerprint density at radius 1 is 1.33 bits per heavy atom. The highest BCUT2D eigenvalue weighted by Crippen LogP contribution is 2.29. The average Bonchev–Trinajstić information content (AvgIpc) is 2.74. The molecule has 0 amide bonds. The zero-order valence-corrected chi connectivity index (χ0v) is 10.3. The minimum absolute atomic E-state index is 0.169. The Morgan fingerprint density at radius 3 is 3.06 bits per heavy atom. The smallest absolute Gasteiger partial charge is 0.123 e. The van der Waals surface area contributed by atoms with Crippen LogP contribution in [-0.2, 0) is 13.0 Å². The van der Waals surface area contributed by atoms with E-state index < -0.39 is 0 Å². The number of nitrogens with two attached hydrogens (primary N) is 1. The normalized spacial score (nSPS) is 18.7. The molecule has 0 spiro atoms. The number of hydrogen-bond acceptors (Lipinski definition) is 1. The highest BCUT2D eigenvalue weighted by molar-refractivity contribution is 5.29. The summed E-state index contributed by atoms with van der Waals surface area (Å²) >= 11 is 0. The molecule has 18 heavy (non-hydrogen) atoms. The molecule has 0 fully saturated rings. The van der Waals surface area contributed by atoms with Crippen molar-refractivity contribution >= 4 is 0 Å². The summed E-state index contributed by atoms with van der Waals surface area (Å²) < 4.78 is 15.4. The maximum atomic E-state index is 13.2. The molecule has 94 valence electrons. The molecule has 0 bridgehead atoms. The molecular formula is C15H17FN2. The van der Waals surface area contributed by atoms with Gasteiger partial charge in [0.25, 0.3) is 0 Å². The van der Waals surface area contributed by atoms with Gasteiger partial charge in [-0.2, -0.15) is 0 Å². The van der Waals surface area contributed by atoms with Crippen molar-refractivity contribution < 1.29 is 4.39 Å². The van der Waals surface area contributed by atoms with Gasteiger partial charge in [-0.15, -0.1) is 0 Å². The van der Waals surface area contributed by atoms with E-state index in [1.165, 1.54) is 17.3 Å². The summed E-state index contributed by atoms with van der Waals surface area (Å²) in [6, 6.07) is 9.06. The second-order valence-corrected chi connectivity index (χ2v) is 4.97. The van der Waals surface area contributed by atoms with Crippen molar-refractivity contribution in [3.63, 3.8) is 0 Å². The van der Waals surface area contributed by atoms with Crippen LogP contribution in [0.2, 0.25) is 0 Å². The highest BCUT2D eigenvalue weighted by atomic mass is 19.1.